The molecule has 3 nitrogen and oxygen atoms in total. The first kappa shape index (κ1) is 14.3. The Kier molecular flexibility index (Phi) is 5.46. The lowest BCUT2D eigenvalue weighted by Crippen LogP contribution is -2.09. The third kappa shape index (κ3) is 3.64. The Balaban J connectivity index is 2.66. The van der Waals surface area contributed by atoms with Gasteiger partial charge in [-0.3, -0.25) is 0 Å². The van der Waals surface area contributed by atoms with E-state index in [2.05, 4.69) is 11.2 Å². The molecule has 1 aromatic carbocycles. The van der Waals surface area contributed by atoms with Crippen LogP contribution in [0.2, 0.25) is 0 Å². The largest absolute Gasteiger partial charge is 0.478 e. The molecular weight excluding hydrogens is 260 g/mol. The van der Waals surface area contributed by atoms with Gasteiger partial charge in [0.2, 0.25) is 0 Å². The van der Waals surface area contributed by atoms with E-state index in [1.807, 2.05) is 0 Å². The minimum atomic E-state index is -1.50. The van der Waals surface area contributed by atoms with Crippen molar-refractivity contribution in [2.75, 3.05) is 23.4 Å². The monoisotopic (exact) mass is 271 g/mol. The van der Waals surface area contributed by atoms with Gasteiger partial charge in [0, 0.05) is 12.3 Å². The quantitative estimate of drug-likeness (QED) is 0.616. The molecule has 96 valence electrons. The van der Waals surface area contributed by atoms with Gasteiger partial charge in [0.1, 0.15) is 0 Å². The van der Waals surface area contributed by atoms with Gasteiger partial charge in [-0.2, -0.15) is 0 Å². The number of carboxylic acid groups (broad SMARTS) is 1. The van der Waals surface area contributed by atoms with Crippen LogP contribution in [0.15, 0.2) is 12.1 Å². The van der Waals surface area contributed by atoms with Crippen LogP contribution in [0.1, 0.15) is 10.4 Å². The summed E-state index contributed by atoms with van der Waals surface area (Å²) in [5.74, 6) is -0.399. The fourth-order valence-corrected chi connectivity index (χ4v) is 1.75. The molecule has 0 aliphatic heterocycles. The maximum absolute atomic E-state index is 13.5. The van der Waals surface area contributed by atoms with Crippen molar-refractivity contribution < 1.29 is 18.7 Å². The number of hydrogen-bond acceptors (Lipinski definition) is 3. The summed E-state index contributed by atoms with van der Waals surface area (Å²) in [6.07, 6.45) is 5.05. The number of anilines is 1. The maximum Gasteiger partial charge on any atom is 0.338 e. The summed E-state index contributed by atoms with van der Waals surface area (Å²) in [6.45, 7) is 0.412. The molecule has 0 saturated heterocycles. The van der Waals surface area contributed by atoms with Crippen molar-refractivity contribution in [3.8, 4) is 12.3 Å². The van der Waals surface area contributed by atoms with Gasteiger partial charge in [-0.15, -0.1) is 18.2 Å². The number of halogens is 2. The van der Waals surface area contributed by atoms with Crippen LogP contribution in [0, 0.1) is 24.0 Å². The molecule has 2 N–H and O–H groups in total. The first-order valence-electron chi connectivity index (χ1n) is 5.04. The number of terminal acetylenes is 1. The van der Waals surface area contributed by atoms with E-state index >= 15 is 0 Å². The lowest BCUT2D eigenvalue weighted by molar-refractivity contribution is 0.0690. The predicted octanol–water partition coefficient (Wildman–Crippen LogP) is 2.44. The van der Waals surface area contributed by atoms with E-state index in [1.54, 1.807) is 0 Å². The fraction of sp³-hybridized carbons (Fsp3) is 0.250. The van der Waals surface area contributed by atoms with Crippen LogP contribution in [0.25, 0.3) is 0 Å². The summed E-state index contributed by atoms with van der Waals surface area (Å²) in [4.78, 5) is 10.6. The average molecular weight is 271 g/mol. The molecule has 0 aliphatic rings. The van der Waals surface area contributed by atoms with E-state index in [-0.39, 0.29) is 5.69 Å². The smallest absolute Gasteiger partial charge is 0.338 e. The molecule has 0 radical (unpaired) electrons. The number of thioether (sulfide) groups is 1. The van der Waals surface area contributed by atoms with Crippen molar-refractivity contribution in [2.45, 2.75) is 0 Å². The zero-order chi connectivity index (χ0) is 13.5. The molecule has 1 aromatic rings. The number of carboxylic acids is 1. The molecule has 0 spiro atoms. The fourth-order valence-electron chi connectivity index (χ4n) is 1.24. The molecule has 0 atom stereocenters. The number of nitrogens with one attached hydrogen (secondary N) is 1. The molecule has 0 saturated carbocycles. The minimum absolute atomic E-state index is 0.0567. The topological polar surface area (TPSA) is 49.3 Å². The van der Waals surface area contributed by atoms with Gasteiger partial charge in [-0.25, -0.2) is 13.6 Å². The number of hydrogen-bond donors (Lipinski definition) is 2. The lowest BCUT2D eigenvalue weighted by atomic mass is 10.2. The molecule has 1 rings (SSSR count). The van der Waals surface area contributed by atoms with Gasteiger partial charge >= 0.3 is 5.97 Å². The van der Waals surface area contributed by atoms with Gasteiger partial charge < -0.3 is 10.4 Å². The summed E-state index contributed by atoms with van der Waals surface area (Å²) in [5, 5.41) is 11.3. The van der Waals surface area contributed by atoms with Crippen LogP contribution in [-0.2, 0) is 0 Å². The number of benzene rings is 1. The second kappa shape index (κ2) is 6.87. The van der Waals surface area contributed by atoms with Gasteiger partial charge in [-0.1, -0.05) is 5.92 Å². The molecular formula is C12H11F2NO2S. The highest BCUT2D eigenvalue weighted by Gasteiger charge is 2.17. The van der Waals surface area contributed by atoms with Gasteiger partial charge in [-0.05, 0) is 12.1 Å². The van der Waals surface area contributed by atoms with Gasteiger partial charge in [0.25, 0.3) is 0 Å². The Hall–Kier alpha value is -1.74. The van der Waals surface area contributed by atoms with Crippen molar-refractivity contribution in [1.29, 1.82) is 0 Å². The van der Waals surface area contributed by atoms with Crippen molar-refractivity contribution in [2.24, 2.45) is 0 Å². The normalized spacial score (nSPS) is 9.83. The minimum Gasteiger partial charge on any atom is -0.478 e. The molecule has 0 unspecified atom stereocenters. The summed E-state index contributed by atoms with van der Waals surface area (Å²) in [6, 6.07) is 2.23. The SMILES string of the molecule is C#CCSCCNc1ccc(C(=O)O)c(F)c1F. The maximum atomic E-state index is 13.5. The number of aromatic carboxylic acids is 1. The average Bonchev–Trinajstić information content (AvgIpc) is 2.33. The zero-order valence-corrected chi connectivity index (χ0v) is 10.2. The third-order valence-corrected chi connectivity index (χ3v) is 2.92. The Morgan fingerprint density at radius 2 is 2.17 bits per heavy atom. The van der Waals surface area contributed by atoms with Crippen LogP contribution in [-0.4, -0.2) is 29.1 Å². The van der Waals surface area contributed by atoms with Crippen LogP contribution < -0.4 is 5.32 Å². The van der Waals surface area contributed by atoms with E-state index in [0.29, 0.717) is 18.1 Å². The molecule has 0 fully saturated rings. The van der Waals surface area contributed by atoms with Crippen molar-refractivity contribution in [3.05, 3.63) is 29.3 Å². The molecule has 0 aromatic heterocycles. The summed E-state index contributed by atoms with van der Waals surface area (Å²) >= 11 is 1.48. The molecule has 0 aliphatic carbocycles. The van der Waals surface area contributed by atoms with E-state index in [9.17, 15) is 13.6 Å². The van der Waals surface area contributed by atoms with Crippen LogP contribution in [0.3, 0.4) is 0 Å². The highest BCUT2D eigenvalue weighted by molar-refractivity contribution is 7.99. The van der Waals surface area contributed by atoms with E-state index < -0.39 is 23.2 Å². The number of carbonyl (C=O) groups is 1. The zero-order valence-electron chi connectivity index (χ0n) is 9.37. The molecule has 18 heavy (non-hydrogen) atoms. The summed E-state index contributed by atoms with van der Waals surface area (Å²) < 4.78 is 26.8. The molecule has 0 heterocycles. The highest BCUT2D eigenvalue weighted by atomic mass is 32.2. The first-order valence-corrected chi connectivity index (χ1v) is 6.19. The van der Waals surface area contributed by atoms with Crippen molar-refractivity contribution >= 4 is 23.4 Å². The standard InChI is InChI=1S/C12H11F2NO2S/c1-2-6-18-7-5-15-9-4-3-8(12(16)17)10(13)11(9)14/h1,3-4,15H,5-7H2,(H,16,17). The van der Waals surface area contributed by atoms with Gasteiger partial charge in [0.15, 0.2) is 11.6 Å². The number of rotatable bonds is 6. The first-order chi connectivity index (χ1) is 8.57. The second-order valence-electron chi connectivity index (χ2n) is 3.28. The van der Waals surface area contributed by atoms with E-state index in [1.165, 1.54) is 17.8 Å². The van der Waals surface area contributed by atoms with E-state index in [0.717, 1.165) is 6.07 Å². The van der Waals surface area contributed by atoms with Crippen LogP contribution in [0.5, 0.6) is 0 Å². The predicted molar refractivity (Wildman–Crippen MR) is 68.0 cm³/mol. The highest BCUT2D eigenvalue weighted by Crippen LogP contribution is 2.20. The Bertz CT molecular complexity index is 486. The molecule has 0 amide bonds. The van der Waals surface area contributed by atoms with E-state index in [4.69, 9.17) is 11.5 Å². The Morgan fingerprint density at radius 1 is 1.44 bits per heavy atom. The third-order valence-electron chi connectivity index (χ3n) is 2.06. The van der Waals surface area contributed by atoms with Crippen LogP contribution in [0.4, 0.5) is 14.5 Å². The molecule has 0 bridgehead atoms. The summed E-state index contributed by atoms with van der Waals surface area (Å²) in [7, 11) is 0. The Labute approximate surface area is 108 Å². The Morgan fingerprint density at radius 3 is 2.78 bits per heavy atom. The summed E-state index contributed by atoms with van der Waals surface area (Å²) in [5.41, 5.74) is -0.737. The van der Waals surface area contributed by atoms with Crippen molar-refractivity contribution in [3.63, 3.8) is 0 Å². The second-order valence-corrected chi connectivity index (χ2v) is 4.38. The van der Waals surface area contributed by atoms with Gasteiger partial charge in [0.05, 0.1) is 17.0 Å². The molecule has 6 heteroatoms. The van der Waals surface area contributed by atoms with Crippen molar-refractivity contribution in [1.82, 2.24) is 0 Å². The van der Waals surface area contributed by atoms with Crippen LogP contribution >= 0.6 is 11.8 Å². The lowest BCUT2D eigenvalue weighted by Gasteiger charge is -2.08.